The molecule has 1 saturated heterocycles. The molecule has 0 aromatic rings. The van der Waals surface area contributed by atoms with Gasteiger partial charge in [0.15, 0.2) is 0 Å². The first-order chi connectivity index (χ1) is 9.84. The summed E-state index contributed by atoms with van der Waals surface area (Å²) in [6, 6.07) is -0.0970. The van der Waals surface area contributed by atoms with Crippen LogP contribution in [-0.4, -0.2) is 45.0 Å². The fraction of sp³-hybridized carbons (Fsp3) is 0.800. The van der Waals surface area contributed by atoms with E-state index in [1.807, 2.05) is 0 Å². The Morgan fingerprint density at radius 2 is 2.25 bits per heavy atom. The monoisotopic (exact) mass is 282 g/mol. The maximum Gasteiger partial charge on any atom is 0.314 e. The van der Waals surface area contributed by atoms with E-state index in [1.165, 1.54) is 6.42 Å². The molecule has 5 heteroatoms. The van der Waals surface area contributed by atoms with Crippen LogP contribution in [0.2, 0.25) is 0 Å². The first kappa shape index (κ1) is 15.3. The average Bonchev–Trinajstić information content (AvgIpc) is 2.99. The van der Waals surface area contributed by atoms with Crippen molar-refractivity contribution in [3.63, 3.8) is 0 Å². The van der Waals surface area contributed by atoms with E-state index >= 15 is 0 Å². The van der Waals surface area contributed by atoms with Crippen LogP contribution < -0.4 is 10.6 Å². The Kier molecular flexibility index (Phi) is 6.88. The molecule has 5 nitrogen and oxygen atoms in total. The molecule has 0 radical (unpaired) electrons. The van der Waals surface area contributed by atoms with Crippen molar-refractivity contribution in [2.75, 3.05) is 32.9 Å². The minimum absolute atomic E-state index is 0.0970. The number of rotatable bonds is 7. The van der Waals surface area contributed by atoms with Crippen LogP contribution in [0.3, 0.4) is 0 Å². The van der Waals surface area contributed by atoms with E-state index in [4.69, 9.17) is 9.47 Å². The molecule has 0 bridgehead atoms. The van der Waals surface area contributed by atoms with Crippen LogP contribution in [0.15, 0.2) is 12.2 Å². The van der Waals surface area contributed by atoms with Crippen molar-refractivity contribution in [3.05, 3.63) is 12.2 Å². The van der Waals surface area contributed by atoms with Crippen molar-refractivity contribution in [2.24, 2.45) is 5.92 Å². The fourth-order valence-electron chi connectivity index (χ4n) is 2.57. The molecular weight excluding hydrogens is 256 g/mol. The third kappa shape index (κ3) is 5.92. The topological polar surface area (TPSA) is 59.6 Å². The summed E-state index contributed by atoms with van der Waals surface area (Å²) in [4.78, 5) is 11.6. The van der Waals surface area contributed by atoms with Crippen LogP contribution in [0.4, 0.5) is 4.79 Å². The minimum Gasteiger partial charge on any atom is -0.377 e. The standard InChI is InChI=1S/C15H26N2O3/c18-15(17-11-13-5-2-1-3-6-13)16-8-10-19-12-14-7-4-9-20-14/h1-2,13-14H,3-12H2,(H2,16,17,18). The third-order valence-electron chi connectivity index (χ3n) is 3.79. The van der Waals surface area contributed by atoms with Gasteiger partial charge in [0.05, 0.1) is 19.3 Å². The van der Waals surface area contributed by atoms with Crippen molar-refractivity contribution in [1.29, 1.82) is 0 Å². The van der Waals surface area contributed by atoms with Crippen LogP contribution >= 0.6 is 0 Å². The molecule has 1 fully saturated rings. The van der Waals surface area contributed by atoms with Gasteiger partial charge in [0.2, 0.25) is 0 Å². The Labute approximate surface area is 121 Å². The summed E-state index contributed by atoms with van der Waals surface area (Å²) in [5.74, 6) is 0.585. The number of amides is 2. The highest BCUT2D eigenvalue weighted by atomic mass is 16.5. The second-order valence-corrected chi connectivity index (χ2v) is 5.50. The lowest BCUT2D eigenvalue weighted by Crippen LogP contribution is -2.40. The van der Waals surface area contributed by atoms with Crippen molar-refractivity contribution >= 4 is 6.03 Å². The molecule has 2 N–H and O–H groups in total. The smallest absolute Gasteiger partial charge is 0.314 e. The number of carbonyl (C=O) groups is 1. The average molecular weight is 282 g/mol. The van der Waals surface area contributed by atoms with Crippen molar-refractivity contribution in [1.82, 2.24) is 10.6 Å². The predicted octanol–water partition coefficient (Wildman–Crippen LogP) is 1.84. The maximum absolute atomic E-state index is 11.6. The molecule has 2 unspecified atom stereocenters. The Balaban J connectivity index is 1.42. The molecule has 0 saturated carbocycles. The number of ether oxygens (including phenoxy) is 2. The molecule has 2 rings (SSSR count). The zero-order chi connectivity index (χ0) is 14.0. The third-order valence-corrected chi connectivity index (χ3v) is 3.79. The Hall–Kier alpha value is -1.07. The van der Waals surface area contributed by atoms with Crippen molar-refractivity contribution in [2.45, 2.75) is 38.2 Å². The molecule has 2 amide bonds. The van der Waals surface area contributed by atoms with E-state index in [2.05, 4.69) is 22.8 Å². The summed E-state index contributed by atoms with van der Waals surface area (Å²) in [5, 5.41) is 5.73. The van der Waals surface area contributed by atoms with E-state index in [9.17, 15) is 4.79 Å². The Bertz CT molecular complexity index is 314. The summed E-state index contributed by atoms with van der Waals surface area (Å²) in [7, 11) is 0. The fourth-order valence-corrected chi connectivity index (χ4v) is 2.57. The van der Waals surface area contributed by atoms with Gasteiger partial charge in [0.25, 0.3) is 0 Å². The number of hydrogen-bond acceptors (Lipinski definition) is 3. The number of carbonyl (C=O) groups excluding carboxylic acids is 1. The summed E-state index contributed by atoms with van der Waals surface area (Å²) >= 11 is 0. The lowest BCUT2D eigenvalue weighted by molar-refractivity contribution is 0.0188. The summed E-state index contributed by atoms with van der Waals surface area (Å²) < 4.78 is 10.9. The lowest BCUT2D eigenvalue weighted by atomic mass is 9.94. The number of urea groups is 1. The Morgan fingerprint density at radius 1 is 1.30 bits per heavy atom. The maximum atomic E-state index is 11.6. The lowest BCUT2D eigenvalue weighted by Gasteiger charge is -2.18. The van der Waals surface area contributed by atoms with Crippen molar-refractivity contribution < 1.29 is 14.3 Å². The van der Waals surface area contributed by atoms with Crippen molar-refractivity contribution in [3.8, 4) is 0 Å². The van der Waals surface area contributed by atoms with Gasteiger partial charge >= 0.3 is 6.03 Å². The van der Waals surface area contributed by atoms with Gasteiger partial charge in [-0.25, -0.2) is 4.79 Å². The van der Waals surface area contributed by atoms with Crippen LogP contribution in [0, 0.1) is 5.92 Å². The minimum atomic E-state index is -0.0970. The molecular formula is C15H26N2O3. The van der Waals surface area contributed by atoms with Crippen LogP contribution in [0.1, 0.15) is 32.1 Å². The Morgan fingerprint density at radius 3 is 3.00 bits per heavy atom. The first-order valence-corrected chi connectivity index (χ1v) is 7.70. The molecule has 0 spiro atoms. The molecule has 1 heterocycles. The van der Waals surface area contributed by atoms with E-state index in [0.717, 1.165) is 38.8 Å². The van der Waals surface area contributed by atoms with Gasteiger partial charge in [-0.1, -0.05) is 12.2 Å². The van der Waals surface area contributed by atoms with E-state index in [0.29, 0.717) is 25.7 Å². The normalized spacial score (nSPS) is 25.6. The molecule has 1 aliphatic carbocycles. The molecule has 0 aromatic heterocycles. The van der Waals surface area contributed by atoms with Gasteiger partial charge in [-0.2, -0.15) is 0 Å². The molecule has 20 heavy (non-hydrogen) atoms. The molecule has 114 valence electrons. The quantitative estimate of drug-likeness (QED) is 0.553. The van der Waals surface area contributed by atoms with Gasteiger partial charge in [-0.15, -0.1) is 0 Å². The van der Waals surface area contributed by atoms with Gasteiger partial charge in [-0.05, 0) is 38.0 Å². The molecule has 2 aliphatic rings. The predicted molar refractivity (Wildman–Crippen MR) is 77.7 cm³/mol. The van der Waals surface area contributed by atoms with E-state index in [1.54, 1.807) is 0 Å². The van der Waals surface area contributed by atoms with Crippen LogP contribution in [0.25, 0.3) is 0 Å². The van der Waals surface area contributed by atoms with Crippen LogP contribution in [0.5, 0.6) is 0 Å². The highest BCUT2D eigenvalue weighted by Crippen LogP contribution is 2.16. The highest BCUT2D eigenvalue weighted by molar-refractivity contribution is 5.73. The summed E-state index contributed by atoms with van der Waals surface area (Å²) in [5.41, 5.74) is 0. The molecule has 2 atom stereocenters. The summed E-state index contributed by atoms with van der Waals surface area (Å²) in [6.45, 7) is 3.33. The number of allylic oxidation sites excluding steroid dienone is 2. The number of nitrogens with one attached hydrogen (secondary N) is 2. The SMILES string of the molecule is O=C(NCCOCC1CCCO1)NCC1CC=CCC1. The summed E-state index contributed by atoms with van der Waals surface area (Å²) in [6.07, 6.45) is 10.3. The van der Waals surface area contributed by atoms with E-state index < -0.39 is 0 Å². The van der Waals surface area contributed by atoms with E-state index in [-0.39, 0.29) is 12.1 Å². The van der Waals surface area contributed by atoms with Gasteiger partial charge in [-0.3, -0.25) is 0 Å². The van der Waals surface area contributed by atoms with Crippen LogP contribution in [-0.2, 0) is 9.47 Å². The second-order valence-electron chi connectivity index (χ2n) is 5.50. The molecule has 0 aromatic carbocycles. The number of hydrogen-bond donors (Lipinski definition) is 2. The molecule has 1 aliphatic heterocycles. The van der Waals surface area contributed by atoms with Gasteiger partial charge in [0.1, 0.15) is 0 Å². The zero-order valence-electron chi connectivity index (χ0n) is 12.1. The first-order valence-electron chi connectivity index (χ1n) is 7.70. The second kappa shape index (κ2) is 8.97. The highest BCUT2D eigenvalue weighted by Gasteiger charge is 2.15. The largest absolute Gasteiger partial charge is 0.377 e. The zero-order valence-corrected chi connectivity index (χ0v) is 12.1. The van der Waals surface area contributed by atoms with Gasteiger partial charge < -0.3 is 20.1 Å². The van der Waals surface area contributed by atoms with Gasteiger partial charge in [0, 0.05) is 19.7 Å².